The molecule has 0 radical (unpaired) electrons. The topological polar surface area (TPSA) is 153 Å². The highest BCUT2D eigenvalue weighted by Gasteiger charge is 2.51. The van der Waals surface area contributed by atoms with E-state index in [1.165, 1.54) is 33.1 Å². The van der Waals surface area contributed by atoms with E-state index in [0.29, 0.717) is 17.3 Å². The van der Waals surface area contributed by atoms with E-state index in [-0.39, 0.29) is 18.7 Å². The molecule has 2 heterocycles. The fraction of sp³-hybridized carbons (Fsp3) is 0.655. The Hall–Kier alpha value is -3.19. The highest BCUT2D eigenvalue weighted by molar-refractivity contribution is 7.09. The largest absolute Gasteiger partial charge is 0.456 e. The molecule has 43 heavy (non-hydrogen) atoms. The number of amides is 3. The Morgan fingerprint density at radius 3 is 2.47 bits per heavy atom. The van der Waals surface area contributed by atoms with E-state index in [2.05, 4.69) is 15.6 Å². The predicted octanol–water partition coefficient (Wildman–Crippen LogP) is 4.31. The molecule has 0 aromatic carbocycles. The number of cyclic esters (lactones) is 2. The third kappa shape index (κ3) is 10.2. The number of aromatic nitrogens is 1. The molecule has 0 fully saturated rings. The van der Waals surface area contributed by atoms with Gasteiger partial charge in [0.1, 0.15) is 28.3 Å². The van der Waals surface area contributed by atoms with Gasteiger partial charge in [0.15, 0.2) is 11.4 Å². The van der Waals surface area contributed by atoms with Crippen LogP contribution in [0.15, 0.2) is 17.5 Å². The number of halogens is 1. The van der Waals surface area contributed by atoms with Crippen LogP contribution in [-0.4, -0.2) is 74.6 Å². The molecule has 2 N–H and O–H groups in total. The van der Waals surface area contributed by atoms with E-state index >= 15 is 0 Å². The summed E-state index contributed by atoms with van der Waals surface area (Å²) in [5.41, 5.74) is -4.42. The molecule has 0 aliphatic carbocycles. The Kier molecular flexibility index (Phi) is 12.2. The van der Waals surface area contributed by atoms with Gasteiger partial charge in [0.05, 0.1) is 13.0 Å². The van der Waals surface area contributed by atoms with Crippen molar-refractivity contribution in [3.8, 4) is 0 Å². The second kappa shape index (κ2) is 14.5. The van der Waals surface area contributed by atoms with Crippen molar-refractivity contribution < 1.29 is 38.2 Å². The molecule has 1 aromatic rings. The van der Waals surface area contributed by atoms with Crippen LogP contribution in [0.1, 0.15) is 90.7 Å². The summed E-state index contributed by atoms with van der Waals surface area (Å²) in [4.78, 5) is 72.1. The second-order valence-electron chi connectivity index (χ2n) is 12.4. The van der Waals surface area contributed by atoms with E-state index in [0.717, 1.165) is 16.2 Å². The van der Waals surface area contributed by atoms with Crippen molar-refractivity contribution in [3.05, 3.63) is 28.2 Å². The van der Waals surface area contributed by atoms with Crippen molar-refractivity contribution in [1.29, 1.82) is 0 Å². The first kappa shape index (κ1) is 36.0. The molecule has 0 saturated carbocycles. The zero-order valence-electron chi connectivity index (χ0n) is 26.2. The van der Waals surface area contributed by atoms with E-state index in [9.17, 15) is 24.0 Å². The zero-order valence-corrected chi connectivity index (χ0v) is 27.8. The van der Waals surface area contributed by atoms with Crippen LogP contribution in [0.4, 0.5) is 4.79 Å². The van der Waals surface area contributed by atoms with Crippen molar-refractivity contribution in [2.45, 2.75) is 111 Å². The van der Waals surface area contributed by atoms with E-state index in [1.807, 2.05) is 0 Å². The maximum Gasteiger partial charge on any atom is 0.414 e. The maximum atomic E-state index is 13.9. The van der Waals surface area contributed by atoms with Crippen LogP contribution in [0.2, 0.25) is 0 Å². The van der Waals surface area contributed by atoms with Crippen molar-refractivity contribution >= 4 is 52.8 Å². The van der Waals surface area contributed by atoms with Gasteiger partial charge in [0.25, 0.3) is 0 Å². The number of carbonyl (C=O) groups is 5. The molecule has 0 spiro atoms. The summed E-state index contributed by atoms with van der Waals surface area (Å²) < 4.78 is 17.1. The number of esters is 2. The molecular formula is C29H43ClN4O8S. The van der Waals surface area contributed by atoms with Gasteiger partial charge < -0.3 is 24.8 Å². The number of ether oxygens (including phenoxy) is 3. The number of allylic oxidation sites excluding steroid dienone is 1. The van der Waals surface area contributed by atoms with Gasteiger partial charge in [-0.25, -0.2) is 19.4 Å². The van der Waals surface area contributed by atoms with Crippen LogP contribution >= 0.6 is 22.9 Å². The Labute approximate surface area is 261 Å². The number of fused-ring (bicyclic) bond motifs is 2. The van der Waals surface area contributed by atoms with Crippen LogP contribution < -0.4 is 10.6 Å². The Bertz CT molecular complexity index is 1220. The normalized spacial score (nSPS) is 22.3. The molecule has 14 heteroatoms. The average Bonchev–Trinajstić information content (AvgIpc) is 3.32. The third-order valence-corrected chi connectivity index (χ3v) is 7.32. The zero-order chi connectivity index (χ0) is 32.8. The fourth-order valence-electron chi connectivity index (χ4n) is 4.27. The second-order valence-corrected chi connectivity index (χ2v) is 13.7. The molecule has 240 valence electrons. The van der Waals surface area contributed by atoms with E-state index in [4.69, 9.17) is 25.8 Å². The molecule has 2 atom stereocenters. The Morgan fingerprint density at radius 2 is 1.88 bits per heavy atom. The van der Waals surface area contributed by atoms with Gasteiger partial charge in [-0.3, -0.25) is 14.5 Å². The first-order valence-corrected chi connectivity index (χ1v) is 15.4. The summed E-state index contributed by atoms with van der Waals surface area (Å²) in [6.45, 7) is 14.2. The highest BCUT2D eigenvalue weighted by Crippen LogP contribution is 2.31. The highest BCUT2D eigenvalue weighted by atomic mass is 35.5. The summed E-state index contributed by atoms with van der Waals surface area (Å²) in [7, 11) is 0. The number of hydrogen-bond donors (Lipinski definition) is 2. The van der Waals surface area contributed by atoms with Crippen molar-refractivity contribution in [3.63, 3.8) is 0 Å². The first-order chi connectivity index (χ1) is 19.8. The van der Waals surface area contributed by atoms with Crippen molar-refractivity contribution in [1.82, 2.24) is 20.5 Å². The third-order valence-electron chi connectivity index (χ3n) is 6.26. The van der Waals surface area contributed by atoms with Crippen LogP contribution in [0, 0.1) is 5.92 Å². The van der Waals surface area contributed by atoms with Crippen LogP contribution in [0.25, 0.3) is 0 Å². The van der Waals surface area contributed by atoms with Crippen molar-refractivity contribution in [2.75, 3.05) is 5.88 Å². The molecular weight excluding hydrogens is 600 g/mol. The number of rotatable bonds is 4. The van der Waals surface area contributed by atoms with E-state index in [1.54, 1.807) is 46.8 Å². The fourth-order valence-corrected chi connectivity index (χ4v) is 5.10. The Morgan fingerprint density at radius 1 is 1.23 bits per heavy atom. The number of carbonyl (C=O) groups excluding carboxylic acids is 5. The number of hydrogen-bond acceptors (Lipinski definition) is 10. The maximum absolute atomic E-state index is 13.9. The molecule has 0 saturated heterocycles. The number of thiazole rings is 1. The van der Waals surface area contributed by atoms with Gasteiger partial charge in [-0.05, 0) is 66.9 Å². The Balaban J connectivity index is 2.62. The lowest BCUT2D eigenvalue weighted by Crippen LogP contribution is -2.67. The summed E-state index contributed by atoms with van der Waals surface area (Å²) in [5.74, 6) is -2.87. The monoisotopic (exact) mass is 642 g/mol. The van der Waals surface area contributed by atoms with Gasteiger partial charge in [-0.15, -0.1) is 22.9 Å². The van der Waals surface area contributed by atoms with Gasteiger partial charge in [0, 0.05) is 11.3 Å². The minimum absolute atomic E-state index is 0.0218. The SMILES string of the molecule is CC(C)C1NC(=O)C(C)(C)N(C(=O)OC(C)(C)C)C(C)(C)OC(=O)c2csc(n2)CNC(=O)C[C@@H](/C=C/CCCl)OC1=O. The van der Waals surface area contributed by atoms with Gasteiger partial charge >= 0.3 is 18.0 Å². The number of alkyl halides is 1. The van der Waals surface area contributed by atoms with E-state index < -0.39 is 64.8 Å². The lowest BCUT2D eigenvalue weighted by molar-refractivity contribution is -0.159. The molecule has 12 nitrogen and oxygen atoms in total. The summed E-state index contributed by atoms with van der Waals surface area (Å²) >= 11 is 6.91. The summed E-state index contributed by atoms with van der Waals surface area (Å²) in [6.07, 6.45) is 1.70. The standard InChI is InChI=1S/C29H43ClN4O8S/c1-17(2)22-24(37)40-18(12-10-11-13-30)14-20(35)31-15-21-32-19(16-43-21)23(36)41-29(8,9)34(26(39)42-27(3,4)5)28(6,7)25(38)33-22/h10,12,16-18,22H,11,13-15H2,1-9H3,(H,31,35)(H,33,38)/b12-10+/t18-,22?/m1/s1. The van der Waals surface area contributed by atoms with Crippen LogP contribution in [0.5, 0.6) is 0 Å². The first-order valence-electron chi connectivity index (χ1n) is 14.0. The predicted molar refractivity (Wildman–Crippen MR) is 161 cm³/mol. The molecule has 3 amide bonds. The van der Waals surface area contributed by atoms with Gasteiger partial charge in [0.2, 0.25) is 11.8 Å². The molecule has 2 rings (SSSR count). The van der Waals surface area contributed by atoms with Crippen molar-refractivity contribution in [2.24, 2.45) is 5.92 Å². The molecule has 1 aromatic heterocycles. The molecule has 1 aliphatic heterocycles. The average molecular weight is 643 g/mol. The minimum atomic E-state index is -1.73. The summed E-state index contributed by atoms with van der Waals surface area (Å²) in [5, 5.41) is 7.30. The number of nitrogens with one attached hydrogen (secondary N) is 2. The molecule has 1 unspecified atom stereocenters. The van der Waals surface area contributed by atoms with Crippen LogP contribution in [0.3, 0.4) is 0 Å². The minimum Gasteiger partial charge on any atom is -0.456 e. The molecule has 1 aliphatic rings. The van der Waals surface area contributed by atoms with Gasteiger partial charge in [-0.1, -0.05) is 19.9 Å². The number of nitrogens with zero attached hydrogens (tertiary/aromatic N) is 2. The lowest BCUT2D eigenvalue weighted by atomic mass is 9.96. The smallest absolute Gasteiger partial charge is 0.414 e. The van der Waals surface area contributed by atoms with Crippen LogP contribution in [-0.2, 0) is 35.1 Å². The summed E-state index contributed by atoms with van der Waals surface area (Å²) in [6, 6.07) is -1.14. The lowest BCUT2D eigenvalue weighted by Gasteiger charge is -2.46. The quantitative estimate of drug-likeness (QED) is 0.212. The molecule has 2 bridgehead atoms. The van der Waals surface area contributed by atoms with Gasteiger partial charge in [-0.2, -0.15) is 0 Å².